The van der Waals surface area contributed by atoms with E-state index in [1.807, 2.05) is 0 Å². The van der Waals surface area contributed by atoms with Gasteiger partial charge in [0.2, 0.25) is 0 Å². The predicted octanol–water partition coefficient (Wildman–Crippen LogP) is 1.34. The standard InChI is InChI=1S/C12H22F2N2O/c13-12(14)9-17-6-5-16-4-3-10(8-16)7-15-11-1-2-11/h10-12,15H,1-9H2. The molecular weight excluding hydrogens is 226 g/mol. The van der Waals surface area contributed by atoms with E-state index in [0.717, 1.165) is 38.1 Å². The van der Waals surface area contributed by atoms with Crippen LogP contribution in [0.1, 0.15) is 19.3 Å². The first-order valence-corrected chi connectivity index (χ1v) is 6.55. The highest BCUT2D eigenvalue weighted by Gasteiger charge is 2.25. The van der Waals surface area contributed by atoms with E-state index in [1.54, 1.807) is 0 Å². The Kier molecular flexibility index (Phi) is 5.13. The lowest BCUT2D eigenvalue weighted by Crippen LogP contribution is -2.29. The minimum atomic E-state index is -2.34. The zero-order valence-corrected chi connectivity index (χ0v) is 10.2. The van der Waals surface area contributed by atoms with E-state index >= 15 is 0 Å². The second-order valence-electron chi connectivity index (χ2n) is 5.10. The van der Waals surface area contributed by atoms with Crippen LogP contribution in [-0.4, -0.2) is 56.8 Å². The number of ether oxygens (including phenoxy) is 1. The van der Waals surface area contributed by atoms with E-state index in [1.165, 1.54) is 19.3 Å². The van der Waals surface area contributed by atoms with Crippen LogP contribution in [0.25, 0.3) is 0 Å². The van der Waals surface area contributed by atoms with Gasteiger partial charge < -0.3 is 15.0 Å². The number of nitrogens with zero attached hydrogens (tertiary/aromatic N) is 1. The SMILES string of the molecule is FC(F)COCCN1CCC(CNC2CC2)C1. The molecule has 0 spiro atoms. The molecule has 1 saturated heterocycles. The summed E-state index contributed by atoms with van der Waals surface area (Å²) in [7, 11) is 0. The summed E-state index contributed by atoms with van der Waals surface area (Å²) in [6.07, 6.45) is 1.54. The van der Waals surface area contributed by atoms with Crippen LogP contribution in [0.3, 0.4) is 0 Å². The predicted molar refractivity (Wildman–Crippen MR) is 62.4 cm³/mol. The number of hydrogen-bond acceptors (Lipinski definition) is 3. The van der Waals surface area contributed by atoms with Crippen LogP contribution < -0.4 is 5.32 Å². The van der Waals surface area contributed by atoms with Crippen molar-refractivity contribution >= 4 is 0 Å². The van der Waals surface area contributed by atoms with Crippen LogP contribution in [-0.2, 0) is 4.74 Å². The maximum absolute atomic E-state index is 11.8. The van der Waals surface area contributed by atoms with E-state index < -0.39 is 13.0 Å². The minimum absolute atomic E-state index is 0.424. The van der Waals surface area contributed by atoms with Crippen LogP contribution in [0, 0.1) is 5.92 Å². The lowest BCUT2D eigenvalue weighted by Gasteiger charge is -2.16. The average molecular weight is 248 g/mol. The van der Waals surface area contributed by atoms with Gasteiger partial charge in [0.1, 0.15) is 6.61 Å². The molecule has 0 aromatic rings. The fourth-order valence-corrected chi connectivity index (χ4v) is 2.27. The fourth-order valence-electron chi connectivity index (χ4n) is 2.27. The lowest BCUT2D eigenvalue weighted by molar-refractivity contribution is 0.0112. The van der Waals surface area contributed by atoms with Crippen molar-refractivity contribution in [3.8, 4) is 0 Å². The van der Waals surface area contributed by atoms with Gasteiger partial charge in [0.05, 0.1) is 6.61 Å². The molecule has 2 aliphatic rings. The molecule has 1 saturated carbocycles. The Labute approximate surface area is 101 Å². The summed E-state index contributed by atoms with van der Waals surface area (Å²) >= 11 is 0. The second kappa shape index (κ2) is 6.61. The normalized spacial score (nSPS) is 25.9. The van der Waals surface area contributed by atoms with Gasteiger partial charge in [-0.05, 0) is 38.3 Å². The third-order valence-electron chi connectivity index (χ3n) is 3.44. The van der Waals surface area contributed by atoms with Gasteiger partial charge in [-0.25, -0.2) is 8.78 Å². The zero-order valence-electron chi connectivity index (χ0n) is 10.2. The highest BCUT2D eigenvalue weighted by Crippen LogP contribution is 2.21. The van der Waals surface area contributed by atoms with E-state index in [2.05, 4.69) is 10.2 Å². The number of nitrogens with one attached hydrogen (secondary N) is 1. The molecule has 2 rings (SSSR count). The second-order valence-corrected chi connectivity index (χ2v) is 5.10. The van der Waals surface area contributed by atoms with Crippen molar-refractivity contribution in [1.29, 1.82) is 0 Å². The summed E-state index contributed by atoms with van der Waals surface area (Å²) in [5.74, 6) is 0.727. The molecule has 1 N–H and O–H groups in total. The molecule has 1 heterocycles. The largest absolute Gasteiger partial charge is 0.374 e. The third kappa shape index (κ3) is 5.27. The summed E-state index contributed by atoms with van der Waals surface area (Å²) in [5, 5.41) is 3.54. The van der Waals surface area contributed by atoms with Crippen LogP contribution in [0.5, 0.6) is 0 Å². The summed E-state index contributed by atoms with van der Waals surface area (Å²) in [4.78, 5) is 2.31. The molecule has 1 aliphatic heterocycles. The Hall–Kier alpha value is -0.260. The molecule has 0 amide bonds. The maximum Gasteiger partial charge on any atom is 0.261 e. The third-order valence-corrected chi connectivity index (χ3v) is 3.44. The van der Waals surface area contributed by atoms with Crippen LogP contribution in [0.4, 0.5) is 8.78 Å². The number of likely N-dealkylation sites (tertiary alicyclic amines) is 1. The summed E-state index contributed by atoms with van der Waals surface area (Å²) < 4.78 is 28.6. The van der Waals surface area contributed by atoms with Crippen molar-refractivity contribution in [2.45, 2.75) is 31.7 Å². The molecule has 0 aromatic heterocycles. The molecule has 3 nitrogen and oxygen atoms in total. The van der Waals surface area contributed by atoms with Gasteiger partial charge in [-0.15, -0.1) is 0 Å². The van der Waals surface area contributed by atoms with Gasteiger partial charge in [0, 0.05) is 19.1 Å². The number of hydrogen-bond donors (Lipinski definition) is 1. The van der Waals surface area contributed by atoms with E-state index in [9.17, 15) is 8.78 Å². The van der Waals surface area contributed by atoms with E-state index in [0.29, 0.717) is 6.61 Å². The van der Waals surface area contributed by atoms with Crippen molar-refractivity contribution in [3.05, 3.63) is 0 Å². The first kappa shape index (κ1) is 13.2. The minimum Gasteiger partial charge on any atom is -0.374 e. The lowest BCUT2D eigenvalue weighted by atomic mass is 10.1. The van der Waals surface area contributed by atoms with Gasteiger partial charge >= 0.3 is 0 Å². The van der Waals surface area contributed by atoms with E-state index in [4.69, 9.17) is 4.74 Å². The molecule has 0 aromatic carbocycles. The Morgan fingerprint density at radius 2 is 2.12 bits per heavy atom. The monoisotopic (exact) mass is 248 g/mol. The molecule has 100 valence electrons. The Bertz CT molecular complexity index is 225. The topological polar surface area (TPSA) is 24.5 Å². The highest BCUT2D eigenvalue weighted by atomic mass is 19.3. The average Bonchev–Trinajstić information content (AvgIpc) is 3.01. The van der Waals surface area contributed by atoms with Crippen molar-refractivity contribution in [1.82, 2.24) is 10.2 Å². The van der Waals surface area contributed by atoms with Crippen LogP contribution >= 0.6 is 0 Å². The molecule has 0 bridgehead atoms. The molecule has 2 fully saturated rings. The molecule has 1 unspecified atom stereocenters. The smallest absolute Gasteiger partial charge is 0.261 e. The fraction of sp³-hybridized carbons (Fsp3) is 1.00. The Morgan fingerprint density at radius 3 is 2.82 bits per heavy atom. The number of halogens is 2. The van der Waals surface area contributed by atoms with Crippen molar-refractivity contribution in [2.24, 2.45) is 5.92 Å². The van der Waals surface area contributed by atoms with Crippen molar-refractivity contribution in [2.75, 3.05) is 39.4 Å². The Balaban J connectivity index is 1.48. The van der Waals surface area contributed by atoms with Gasteiger partial charge in [0.25, 0.3) is 6.43 Å². The van der Waals surface area contributed by atoms with Gasteiger partial charge in [0.15, 0.2) is 0 Å². The first-order chi connectivity index (χ1) is 8.24. The Morgan fingerprint density at radius 1 is 1.29 bits per heavy atom. The van der Waals surface area contributed by atoms with Crippen molar-refractivity contribution in [3.63, 3.8) is 0 Å². The first-order valence-electron chi connectivity index (χ1n) is 6.55. The van der Waals surface area contributed by atoms with E-state index in [-0.39, 0.29) is 0 Å². The quantitative estimate of drug-likeness (QED) is 0.656. The van der Waals surface area contributed by atoms with Gasteiger partial charge in [-0.1, -0.05) is 0 Å². The molecule has 1 atom stereocenters. The van der Waals surface area contributed by atoms with Gasteiger partial charge in [-0.3, -0.25) is 0 Å². The molecule has 17 heavy (non-hydrogen) atoms. The van der Waals surface area contributed by atoms with Gasteiger partial charge in [-0.2, -0.15) is 0 Å². The molecule has 0 radical (unpaired) electrons. The number of rotatable bonds is 8. The summed E-state index contributed by atoms with van der Waals surface area (Å²) in [6.45, 7) is 4.05. The molecule has 5 heteroatoms. The molecule has 1 aliphatic carbocycles. The molecular formula is C12H22F2N2O. The highest BCUT2D eigenvalue weighted by molar-refractivity contribution is 4.84. The number of alkyl halides is 2. The summed E-state index contributed by atoms with van der Waals surface area (Å²) in [6, 6.07) is 0.776. The maximum atomic E-state index is 11.8. The summed E-state index contributed by atoms with van der Waals surface area (Å²) in [5.41, 5.74) is 0. The van der Waals surface area contributed by atoms with Crippen LogP contribution in [0.15, 0.2) is 0 Å². The van der Waals surface area contributed by atoms with Crippen molar-refractivity contribution < 1.29 is 13.5 Å². The van der Waals surface area contributed by atoms with Crippen LogP contribution in [0.2, 0.25) is 0 Å². The zero-order chi connectivity index (χ0) is 12.1.